The fourth-order valence-electron chi connectivity index (χ4n) is 4.81. The van der Waals surface area contributed by atoms with E-state index in [-0.39, 0.29) is 11.8 Å². The van der Waals surface area contributed by atoms with E-state index in [0.29, 0.717) is 18.0 Å². The van der Waals surface area contributed by atoms with Crippen molar-refractivity contribution in [2.24, 2.45) is 11.8 Å². The molecule has 24 heavy (non-hydrogen) atoms. The van der Waals surface area contributed by atoms with Crippen molar-refractivity contribution in [2.75, 3.05) is 13.6 Å². The predicted molar refractivity (Wildman–Crippen MR) is 95.6 cm³/mol. The second-order valence-electron chi connectivity index (χ2n) is 7.66. The molecule has 2 heterocycles. The maximum Gasteiger partial charge on any atom is 0.238 e. The van der Waals surface area contributed by atoms with Crippen LogP contribution < -0.4 is 11.3 Å². The summed E-state index contributed by atoms with van der Waals surface area (Å²) in [4.78, 5) is 14.5. The van der Waals surface area contributed by atoms with E-state index in [1.165, 1.54) is 22.0 Å². The number of piperidine rings is 1. The van der Waals surface area contributed by atoms with Crippen LogP contribution in [0.15, 0.2) is 24.4 Å². The molecule has 1 aliphatic heterocycles. The number of hydrogen-bond donors (Lipinski definition) is 2. The van der Waals surface area contributed by atoms with Gasteiger partial charge in [-0.15, -0.1) is 0 Å². The number of likely N-dealkylation sites (tertiary alicyclic amines) is 1. The number of carbonyl (C=O) groups excluding carboxylic acids is 1. The van der Waals surface area contributed by atoms with Gasteiger partial charge in [-0.3, -0.25) is 10.2 Å². The summed E-state index contributed by atoms with van der Waals surface area (Å²) in [5, 5.41) is 1.41. The maximum absolute atomic E-state index is 12.1. The number of aromatic nitrogens is 1. The topological polar surface area (TPSA) is 63.3 Å². The van der Waals surface area contributed by atoms with Crippen molar-refractivity contribution in [3.05, 3.63) is 35.5 Å². The number of rotatable bonds is 2. The predicted octanol–water partition coefficient (Wildman–Crippen LogP) is 2.17. The van der Waals surface area contributed by atoms with E-state index in [0.717, 1.165) is 19.4 Å². The number of hydrogen-bond acceptors (Lipinski definition) is 3. The summed E-state index contributed by atoms with van der Waals surface area (Å²) < 4.78 is 2.38. The fourth-order valence-corrected chi connectivity index (χ4v) is 4.81. The van der Waals surface area contributed by atoms with Crippen LogP contribution in [0.1, 0.15) is 43.4 Å². The molecule has 1 fully saturated rings. The largest absolute Gasteiger partial charge is 0.345 e. The van der Waals surface area contributed by atoms with Gasteiger partial charge in [-0.1, -0.05) is 12.1 Å². The molecule has 0 bridgehead atoms. The third-order valence-corrected chi connectivity index (χ3v) is 5.94. The van der Waals surface area contributed by atoms with Gasteiger partial charge in [0, 0.05) is 41.6 Å². The van der Waals surface area contributed by atoms with Gasteiger partial charge < -0.3 is 9.47 Å². The van der Waals surface area contributed by atoms with Crippen LogP contribution in [0.25, 0.3) is 10.9 Å². The smallest absolute Gasteiger partial charge is 0.238 e. The first-order chi connectivity index (χ1) is 11.5. The summed E-state index contributed by atoms with van der Waals surface area (Å²) in [7, 11) is 2.14. The van der Waals surface area contributed by atoms with Crippen molar-refractivity contribution in [3.8, 4) is 0 Å². The van der Waals surface area contributed by atoms with Crippen LogP contribution in [0.2, 0.25) is 0 Å². The van der Waals surface area contributed by atoms with E-state index in [9.17, 15) is 4.79 Å². The van der Waals surface area contributed by atoms with Crippen LogP contribution in [0.4, 0.5) is 0 Å². The highest BCUT2D eigenvalue weighted by Crippen LogP contribution is 2.45. The van der Waals surface area contributed by atoms with Gasteiger partial charge in [0.05, 0.1) is 5.92 Å². The molecule has 1 aromatic heterocycles. The maximum atomic E-state index is 12.1. The van der Waals surface area contributed by atoms with Gasteiger partial charge in [0.25, 0.3) is 0 Å². The number of nitrogens with zero attached hydrogens (tertiary/aromatic N) is 2. The lowest BCUT2D eigenvalue weighted by Crippen LogP contribution is -2.52. The first-order valence-electron chi connectivity index (χ1n) is 8.84. The molecular formula is C19H26N4O. The molecule has 3 N–H and O–H groups in total. The lowest BCUT2D eigenvalue weighted by molar-refractivity contribution is -0.127. The third-order valence-electron chi connectivity index (χ3n) is 5.94. The number of likely N-dealkylation sites (N-methyl/N-ethyl adjacent to an activating group) is 1. The minimum atomic E-state index is -0.0435. The fraction of sp³-hybridized carbons (Fsp3) is 0.526. The molecular weight excluding hydrogens is 300 g/mol. The highest BCUT2D eigenvalue weighted by atomic mass is 16.2. The second kappa shape index (κ2) is 5.60. The van der Waals surface area contributed by atoms with Crippen LogP contribution in [0.5, 0.6) is 0 Å². The Hall–Kier alpha value is -1.85. The molecule has 0 spiro atoms. The lowest BCUT2D eigenvalue weighted by Gasteiger charge is -2.45. The van der Waals surface area contributed by atoms with Crippen molar-refractivity contribution < 1.29 is 4.79 Å². The highest BCUT2D eigenvalue weighted by Gasteiger charge is 2.41. The van der Waals surface area contributed by atoms with Crippen molar-refractivity contribution in [1.29, 1.82) is 0 Å². The van der Waals surface area contributed by atoms with Gasteiger partial charge in [-0.2, -0.15) is 0 Å². The normalized spacial score (nSPS) is 26.6. The van der Waals surface area contributed by atoms with Gasteiger partial charge in [-0.25, -0.2) is 5.84 Å². The van der Waals surface area contributed by atoms with Crippen molar-refractivity contribution in [1.82, 2.24) is 14.9 Å². The standard InChI is InChI=1S/C19H26N4O/c1-11(2)23-10-12-8-17-15(14-5-4-6-16(23)18(12)14)7-13(9-22(17)3)19(24)21-20/h4-6,10-11,13,15,17H,7-9,20H2,1-3H3,(H,21,24)/t13-,15?,17-/m1/s1. The Bertz CT molecular complexity index is 794. The Morgan fingerprint density at radius 3 is 2.88 bits per heavy atom. The van der Waals surface area contributed by atoms with Gasteiger partial charge in [0.2, 0.25) is 5.91 Å². The molecule has 1 unspecified atom stereocenters. The number of hydrazine groups is 1. The molecule has 1 amide bonds. The molecule has 5 heteroatoms. The molecule has 2 aliphatic rings. The van der Waals surface area contributed by atoms with Crippen LogP contribution in [0, 0.1) is 5.92 Å². The molecule has 4 rings (SSSR count). The Kier molecular flexibility index (Phi) is 3.66. The molecule has 1 aromatic carbocycles. The molecule has 128 valence electrons. The quantitative estimate of drug-likeness (QED) is 0.505. The summed E-state index contributed by atoms with van der Waals surface area (Å²) in [5.41, 5.74) is 6.52. The van der Waals surface area contributed by atoms with Crippen LogP contribution >= 0.6 is 0 Å². The van der Waals surface area contributed by atoms with Crippen molar-refractivity contribution >= 4 is 16.8 Å². The summed E-state index contributed by atoms with van der Waals surface area (Å²) in [5.74, 6) is 5.70. The first-order valence-corrected chi connectivity index (χ1v) is 8.84. The molecule has 2 aromatic rings. The molecule has 5 nitrogen and oxygen atoms in total. The third kappa shape index (κ3) is 2.19. The van der Waals surface area contributed by atoms with Crippen LogP contribution in [0.3, 0.4) is 0 Å². The number of nitrogens with two attached hydrogens (primary N) is 1. The minimum absolute atomic E-state index is 0.0368. The summed E-state index contributed by atoms with van der Waals surface area (Å²) in [6.45, 7) is 5.24. The zero-order valence-electron chi connectivity index (χ0n) is 14.6. The highest BCUT2D eigenvalue weighted by molar-refractivity contribution is 5.89. The second-order valence-corrected chi connectivity index (χ2v) is 7.66. The number of fused-ring (bicyclic) bond motifs is 2. The van der Waals surface area contributed by atoms with Gasteiger partial charge in [-0.05, 0) is 50.9 Å². The van der Waals surface area contributed by atoms with Crippen LogP contribution in [-0.2, 0) is 11.2 Å². The van der Waals surface area contributed by atoms with Crippen molar-refractivity contribution in [2.45, 2.75) is 44.7 Å². The van der Waals surface area contributed by atoms with E-state index < -0.39 is 0 Å². The Morgan fingerprint density at radius 2 is 2.17 bits per heavy atom. The SMILES string of the molecule is CC(C)n1cc2c3c(cccc31)C1C[C@@H](C(=O)NN)CN(C)[C@@H]1C2. The van der Waals surface area contributed by atoms with Gasteiger partial charge in [0.15, 0.2) is 0 Å². The molecule has 1 saturated heterocycles. The minimum Gasteiger partial charge on any atom is -0.345 e. The monoisotopic (exact) mass is 326 g/mol. The summed E-state index contributed by atoms with van der Waals surface area (Å²) >= 11 is 0. The molecule has 1 aliphatic carbocycles. The molecule has 0 radical (unpaired) electrons. The van der Waals surface area contributed by atoms with E-state index in [1.807, 2.05) is 0 Å². The van der Waals surface area contributed by atoms with E-state index in [2.05, 4.69) is 60.2 Å². The van der Waals surface area contributed by atoms with E-state index in [4.69, 9.17) is 5.84 Å². The zero-order chi connectivity index (χ0) is 17.0. The van der Waals surface area contributed by atoms with Gasteiger partial charge in [0.1, 0.15) is 0 Å². The van der Waals surface area contributed by atoms with Crippen molar-refractivity contribution in [3.63, 3.8) is 0 Å². The van der Waals surface area contributed by atoms with E-state index in [1.54, 1.807) is 0 Å². The number of nitrogens with one attached hydrogen (secondary N) is 1. The average Bonchev–Trinajstić information content (AvgIpc) is 2.95. The summed E-state index contributed by atoms with van der Waals surface area (Å²) in [6.07, 6.45) is 4.27. The summed E-state index contributed by atoms with van der Waals surface area (Å²) in [6, 6.07) is 7.55. The first kappa shape index (κ1) is 15.7. The number of benzene rings is 1. The number of amides is 1. The van der Waals surface area contributed by atoms with E-state index >= 15 is 0 Å². The van der Waals surface area contributed by atoms with Gasteiger partial charge >= 0.3 is 0 Å². The Balaban J connectivity index is 1.83. The zero-order valence-corrected chi connectivity index (χ0v) is 14.6. The average molecular weight is 326 g/mol. The number of carbonyl (C=O) groups is 1. The van der Waals surface area contributed by atoms with Crippen LogP contribution in [-0.4, -0.2) is 35.0 Å². The molecule has 3 atom stereocenters. The molecule has 0 saturated carbocycles. The lowest BCUT2D eigenvalue weighted by atomic mass is 9.72. The Morgan fingerprint density at radius 1 is 1.38 bits per heavy atom. The Labute approximate surface area is 142 Å².